The third kappa shape index (κ3) is 5.47. The van der Waals surface area contributed by atoms with Crippen molar-refractivity contribution >= 4 is 23.1 Å². The van der Waals surface area contributed by atoms with Gasteiger partial charge in [-0.2, -0.15) is 18.2 Å². The molecular formula is C22H23F3N4. The van der Waals surface area contributed by atoms with Gasteiger partial charge in [0.1, 0.15) is 11.4 Å². The number of nitrogens with zero attached hydrogens (tertiary/aromatic N) is 2. The number of anilines is 4. The monoisotopic (exact) mass is 400 g/mol. The third-order valence-electron chi connectivity index (χ3n) is 4.44. The molecule has 0 radical (unpaired) electrons. The average Bonchev–Trinajstić information content (AvgIpc) is 2.69. The van der Waals surface area contributed by atoms with Crippen LogP contribution in [0.4, 0.5) is 36.3 Å². The Balaban J connectivity index is 1.88. The molecule has 29 heavy (non-hydrogen) atoms. The standard InChI is InChI=1S/C22H23F3N4/c1-3-6-16-9-11-17(12-10-16)28-21-26-14-19(22(23,24)25)20(29-21)27-18-8-5-7-15(4-2)13-18/h5,7-14H,3-4,6H2,1-2H3,(H2,26,27,28,29). The summed E-state index contributed by atoms with van der Waals surface area (Å²) in [5.74, 6) is -0.193. The van der Waals surface area contributed by atoms with Gasteiger partial charge in [-0.05, 0) is 48.2 Å². The van der Waals surface area contributed by atoms with Gasteiger partial charge in [0.25, 0.3) is 0 Å². The lowest BCUT2D eigenvalue weighted by Gasteiger charge is -2.15. The first-order chi connectivity index (χ1) is 13.9. The first-order valence-electron chi connectivity index (χ1n) is 9.55. The minimum Gasteiger partial charge on any atom is -0.340 e. The van der Waals surface area contributed by atoms with Gasteiger partial charge in [-0.25, -0.2) is 4.98 Å². The molecule has 3 aromatic rings. The summed E-state index contributed by atoms with van der Waals surface area (Å²) < 4.78 is 40.3. The van der Waals surface area contributed by atoms with Crippen molar-refractivity contribution in [3.63, 3.8) is 0 Å². The number of halogens is 3. The van der Waals surface area contributed by atoms with E-state index >= 15 is 0 Å². The zero-order valence-corrected chi connectivity index (χ0v) is 16.3. The van der Waals surface area contributed by atoms with Crippen LogP contribution in [0.1, 0.15) is 37.0 Å². The Kier molecular flexibility index (Phi) is 6.36. The Hall–Kier alpha value is -3.09. The highest BCUT2D eigenvalue weighted by Crippen LogP contribution is 2.35. The number of aromatic nitrogens is 2. The van der Waals surface area contributed by atoms with E-state index in [2.05, 4.69) is 27.5 Å². The number of alkyl halides is 3. The maximum Gasteiger partial charge on any atom is 0.421 e. The van der Waals surface area contributed by atoms with Crippen LogP contribution in [0.25, 0.3) is 0 Å². The summed E-state index contributed by atoms with van der Waals surface area (Å²) in [6.45, 7) is 4.09. The van der Waals surface area contributed by atoms with Crippen LogP contribution in [-0.2, 0) is 19.0 Å². The zero-order chi connectivity index (χ0) is 20.9. The van der Waals surface area contributed by atoms with Gasteiger partial charge < -0.3 is 10.6 Å². The van der Waals surface area contributed by atoms with Crippen LogP contribution < -0.4 is 10.6 Å². The largest absolute Gasteiger partial charge is 0.421 e. The van der Waals surface area contributed by atoms with Crippen molar-refractivity contribution in [2.24, 2.45) is 0 Å². The van der Waals surface area contributed by atoms with E-state index < -0.39 is 11.7 Å². The van der Waals surface area contributed by atoms with E-state index in [0.29, 0.717) is 11.4 Å². The molecule has 0 aliphatic rings. The van der Waals surface area contributed by atoms with Crippen molar-refractivity contribution in [3.05, 3.63) is 71.4 Å². The molecule has 0 atom stereocenters. The van der Waals surface area contributed by atoms with E-state index in [1.54, 1.807) is 12.1 Å². The van der Waals surface area contributed by atoms with E-state index in [4.69, 9.17) is 0 Å². The predicted octanol–water partition coefficient (Wildman–Crippen LogP) is 6.50. The van der Waals surface area contributed by atoms with Crippen molar-refractivity contribution < 1.29 is 13.2 Å². The van der Waals surface area contributed by atoms with Crippen LogP contribution in [0.15, 0.2) is 54.7 Å². The Morgan fingerprint density at radius 3 is 2.31 bits per heavy atom. The highest BCUT2D eigenvalue weighted by Gasteiger charge is 2.35. The molecule has 0 aliphatic carbocycles. The smallest absolute Gasteiger partial charge is 0.340 e. The fraction of sp³-hybridized carbons (Fsp3) is 0.273. The molecule has 0 aliphatic heterocycles. The number of benzene rings is 2. The van der Waals surface area contributed by atoms with Crippen molar-refractivity contribution in [3.8, 4) is 0 Å². The van der Waals surface area contributed by atoms with E-state index in [9.17, 15) is 13.2 Å². The molecule has 1 aromatic heterocycles. The number of aryl methyl sites for hydroxylation is 2. The average molecular weight is 400 g/mol. The molecular weight excluding hydrogens is 377 g/mol. The lowest BCUT2D eigenvalue weighted by Crippen LogP contribution is -2.12. The second-order valence-electron chi connectivity index (χ2n) is 6.70. The van der Waals surface area contributed by atoms with Gasteiger partial charge in [-0.1, -0.05) is 44.5 Å². The van der Waals surface area contributed by atoms with Crippen LogP contribution >= 0.6 is 0 Å². The molecule has 0 amide bonds. The van der Waals surface area contributed by atoms with Crippen molar-refractivity contribution in [2.45, 2.75) is 39.3 Å². The number of nitrogens with one attached hydrogen (secondary N) is 2. The third-order valence-corrected chi connectivity index (χ3v) is 4.44. The highest BCUT2D eigenvalue weighted by atomic mass is 19.4. The summed E-state index contributed by atoms with van der Waals surface area (Å²) in [5, 5.41) is 5.77. The minimum absolute atomic E-state index is 0.0930. The number of hydrogen-bond acceptors (Lipinski definition) is 4. The molecule has 7 heteroatoms. The quantitative estimate of drug-likeness (QED) is 0.475. The molecule has 0 bridgehead atoms. The van der Waals surface area contributed by atoms with Gasteiger partial charge in [0, 0.05) is 17.6 Å². The SMILES string of the molecule is CCCc1ccc(Nc2ncc(C(F)(F)F)c(Nc3cccc(CC)c3)n2)cc1. The minimum atomic E-state index is -4.56. The summed E-state index contributed by atoms with van der Waals surface area (Å²) in [4.78, 5) is 7.94. The summed E-state index contributed by atoms with van der Waals surface area (Å²) in [5.41, 5.74) is 2.56. The van der Waals surface area contributed by atoms with Crippen LogP contribution in [0.5, 0.6) is 0 Å². The molecule has 0 fully saturated rings. The summed E-state index contributed by atoms with van der Waals surface area (Å²) in [6.07, 6.45) is -0.963. The maximum atomic E-state index is 13.4. The highest BCUT2D eigenvalue weighted by molar-refractivity contribution is 5.63. The fourth-order valence-electron chi connectivity index (χ4n) is 2.92. The normalized spacial score (nSPS) is 11.3. The van der Waals surface area contributed by atoms with Crippen LogP contribution in [0, 0.1) is 0 Å². The van der Waals surface area contributed by atoms with Crippen molar-refractivity contribution in [2.75, 3.05) is 10.6 Å². The van der Waals surface area contributed by atoms with Crippen LogP contribution in [0.2, 0.25) is 0 Å². The predicted molar refractivity (Wildman–Crippen MR) is 110 cm³/mol. The Labute approximate surface area is 168 Å². The van der Waals surface area contributed by atoms with Crippen LogP contribution in [0.3, 0.4) is 0 Å². The molecule has 0 saturated carbocycles. The van der Waals surface area contributed by atoms with Gasteiger partial charge in [0.2, 0.25) is 5.95 Å². The second kappa shape index (κ2) is 8.94. The topological polar surface area (TPSA) is 49.8 Å². The van der Waals surface area contributed by atoms with Gasteiger partial charge in [-0.15, -0.1) is 0 Å². The molecule has 3 rings (SSSR count). The molecule has 4 nitrogen and oxygen atoms in total. The Morgan fingerprint density at radius 1 is 0.897 bits per heavy atom. The molecule has 0 unspecified atom stereocenters. The first-order valence-corrected chi connectivity index (χ1v) is 9.55. The van der Waals surface area contributed by atoms with Crippen LogP contribution in [-0.4, -0.2) is 9.97 Å². The number of hydrogen-bond donors (Lipinski definition) is 2. The maximum absolute atomic E-state index is 13.4. The second-order valence-corrected chi connectivity index (χ2v) is 6.70. The van der Waals surface area contributed by atoms with E-state index in [-0.39, 0.29) is 11.8 Å². The lowest BCUT2D eigenvalue weighted by molar-refractivity contribution is -0.137. The zero-order valence-electron chi connectivity index (χ0n) is 16.3. The molecule has 1 heterocycles. The molecule has 0 saturated heterocycles. The van der Waals surface area contributed by atoms with E-state index in [0.717, 1.165) is 31.0 Å². The fourth-order valence-corrected chi connectivity index (χ4v) is 2.92. The van der Waals surface area contributed by atoms with Gasteiger partial charge in [0.05, 0.1) is 0 Å². The van der Waals surface area contributed by atoms with Gasteiger partial charge >= 0.3 is 6.18 Å². The lowest BCUT2D eigenvalue weighted by atomic mass is 10.1. The molecule has 2 N–H and O–H groups in total. The summed E-state index contributed by atoms with van der Waals surface area (Å²) in [7, 11) is 0. The van der Waals surface area contributed by atoms with Crippen molar-refractivity contribution in [1.29, 1.82) is 0 Å². The molecule has 2 aromatic carbocycles. The first kappa shape index (κ1) is 20.6. The van der Waals surface area contributed by atoms with E-state index in [1.807, 2.05) is 43.3 Å². The van der Waals surface area contributed by atoms with Crippen molar-refractivity contribution in [1.82, 2.24) is 9.97 Å². The summed E-state index contributed by atoms with van der Waals surface area (Å²) in [6, 6.07) is 14.9. The van der Waals surface area contributed by atoms with E-state index in [1.165, 1.54) is 5.56 Å². The molecule has 152 valence electrons. The summed E-state index contributed by atoms with van der Waals surface area (Å²) >= 11 is 0. The molecule has 0 spiro atoms. The number of rotatable bonds is 7. The Morgan fingerprint density at radius 2 is 1.66 bits per heavy atom. The van der Waals surface area contributed by atoms with Gasteiger partial charge in [0.15, 0.2) is 0 Å². The Bertz CT molecular complexity index is 953. The van der Waals surface area contributed by atoms with Gasteiger partial charge in [-0.3, -0.25) is 0 Å².